The van der Waals surface area contributed by atoms with Crippen LogP contribution in [-0.4, -0.2) is 32.7 Å². The Balaban J connectivity index is 2.17. The van der Waals surface area contributed by atoms with Gasteiger partial charge in [-0.2, -0.15) is 5.10 Å². The van der Waals surface area contributed by atoms with Gasteiger partial charge in [0.2, 0.25) is 0 Å². The van der Waals surface area contributed by atoms with Crippen molar-refractivity contribution in [1.82, 2.24) is 15.1 Å². The zero-order chi connectivity index (χ0) is 17.7. The molecule has 8 nitrogen and oxygen atoms in total. The van der Waals surface area contributed by atoms with Gasteiger partial charge in [0.05, 0.1) is 4.92 Å². The Morgan fingerprint density at radius 2 is 2.00 bits per heavy atom. The molecule has 0 spiro atoms. The number of nitrogens with zero attached hydrogens (tertiary/aromatic N) is 3. The van der Waals surface area contributed by atoms with Crippen molar-refractivity contribution in [2.75, 3.05) is 6.54 Å². The summed E-state index contributed by atoms with van der Waals surface area (Å²) in [5.74, 6) is -0.357. The largest absolute Gasteiger partial charge is 0.349 e. The molecule has 0 aliphatic heterocycles. The van der Waals surface area contributed by atoms with Crippen LogP contribution in [0.3, 0.4) is 0 Å². The second-order valence-electron chi connectivity index (χ2n) is 5.64. The number of nitro groups is 1. The van der Waals surface area contributed by atoms with E-state index in [4.69, 9.17) is 5.73 Å². The van der Waals surface area contributed by atoms with Gasteiger partial charge in [0.1, 0.15) is 5.69 Å². The maximum absolute atomic E-state index is 12.2. The quantitative estimate of drug-likeness (QED) is 0.595. The average Bonchev–Trinajstić information content (AvgIpc) is 3.09. The van der Waals surface area contributed by atoms with Crippen LogP contribution in [0.25, 0.3) is 5.69 Å². The SMILES string of the molecule is CCC(N)(CC)CNC(=O)c1ccn(-c2ccccc2[N+](=O)[O-])n1. The first-order chi connectivity index (χ1) is 11.4. The standard InChI is InChI=1S/C16H21N5O3/c1-3-16(17,4-2)11-18-15(22)12-9-10-20(19-12)13-7-5-6-8-14(13)21(23)24/h5-10H,3-4,11,17H2,1-2H3,(H,18,22). The van der Waals surface area contributed by atoms with E-state index in [1.807, 2.05) is 13.8 Å². The van der Waals surface area contributed by atoms with E-state index in [0.29, 0.717) is 12.2 Å². The van der Waals surface area contributed by atoms with Crippen molar-refractivity contribution in [2.45, 2.75) is 32.2 Å². The number of nitrogens with one attached hydrogen (secondary N) is 1. The molecule has 0 aliphatic rings. The van der Waals surface area contributed by atoms with Gasteiger partial charge in [-0.1, -0.05) is 26.0 Å². The summed E-state index contributed by atoms with van der Waals surface area (Å²) in [6.45, 7) is 4.29. The molecule has 2 aromatic rings. The van der Waals surface area contributed by atoms with Gasteiger partial charge in [-0.05, 0) is 25.0 Å². The number of hydrogen-bond donors (Lipinski definition) is 2. The molecule has 8 heteroatoms. The monoisotopic (exact) mass is 331 g/mol. The highest BCUT2D eigenvalue weighted by atomic mass is 16.6. The lowest BCUT2D eigenvalue weighted by Crippen LogP contribution is -2.49. The number of para-hydroxylation sites is 2. The van der Waals surface area contributed by atoms with Crippen molar-refractivity contribution in [3.05, 3.63) is 52.3 Å². The highest BCUT2D eigenvalue weighted by molar-refractivity contribution is 5.92. The molecule has 128 valence electrons. The number of aromatic nitrogens is 2. The first-order valence-electron chi connectivity index (χ1n) is 7.76. The van der Waals surface area contributed by atoms with E-state index >= 15 is 0 Å². The van der Waals surface area contributed by atoms with Gasteiger partial charge < -0.3 is 11.1 Å². The molecule has 1 heterocycles. The number of rotatable bonds is 7. The minimum Gasteiger partial charge on any atom is -0.349 e. The first-order valence-corrected chi connectivity index (χ1v) is 7.76. The molecule has 0 saturated heterocycles. The molecule has 0 unspecified atom stereocenters. The first kappa shape index (κ1) is 17.6. The predicted octanol–water partition coefficient (Wildman–Crippen LogP) is 2.03. The number of amides is 1. The van der Waals surface area contributed by atoms with E-state index in [2.05, 4.69) is 10.4 Å². The van der Waals surface area contributed by atoms with E-state index in [1.165, 1.54) is 23.0 Å². The van der Waals surface area contributed by atoms with E-state index < -0.39 is 10.5 Å². The number of nitro benzene ring substituents is 1. The van der Waals surface area contributed by atoms with Gasteiger partial charge >= 0.3 is 0 Å². The second kappa shape index (κ2) is 7.22. The molecular weight excluding hydrogens is 310 g/mol. The normalized spacial score (nSPS) is 11.3. The molecular formula is C16H21N5O3. The fourth-order valence-electron chi connectivity index (χ4n) is 2.24. The lowest BCUT2D eigenvalue weighted by molar-refractivity contribution is -0.384. The minimum absolute atomic E-state index is 0.0782. The van der Waals surface area contributed by atoms with Crippen molar-refractivity contribution in [3.63, 3.8) is 0 Å². The predicted molar refractivity (Wildman–Crippen MR) is 90.1 cm³/mol. The molecule has 3 N–H and O–H groups in total. The summed E-state index contributed by atoms with van der Waals surface area (Å²) in [5, 5.41) is 18.0. The molecule has 0 radical (unpaired) electrons. The summed E-state index contributed by atoms with van der Waals surface area (Å²) in [6.07, 6.45) is 3.01. The molecule has 0 bridgehead atoms. The van der Waals surface area contributed by atoms with Crippen LogP contribution in [0.15, 0.2) is 36.5 Å². The summed E-state index contributed by atoms with van der Waals surface area (Å²) < 4.78 is 1.32. The highest BCUT2D eigenvalue weighted by Gasteiger charge is 2.22. The molecule has 1 aromatic carbocycles. The molecule has 2 rings (SSSR count). The zero-order valence-electron chi connectivity index (χ0n) is 13.7. The van der Waals surface area contributed by atoms with Crippen LogP contribution in [-0.2, 0) is 0 Å². The third-order valence-corrected chi connectivity index (χ3v) is 4.16. The van der Waals surface area contributed by atoms with Crippen LogP contribution in [0.4, 0.5) is 5.69 Å². The van der Waals surface area contributed by atoms with Crippen molar-refractivity contribution >= 4 is 11.6 Å². The van der Waals surface area contributed by atoms with Crippen LogP contribution >= 0.6 is 0 Å². The fraction of sp³-hybridized carbons (Fsp3) is 0.375. The number of hydrogen-bond acceptors (Lipinski definition) is 5. The van der Waals surface area contributed by atoms with Gasteiger partial charge in [0.15, 0.2) is 5.69 Å². The Kier molecular flexibility index (Phi) is 5.30. The van der Waals surface area contributed by atoms with Crippen molar-refractivity contribution in [2.24, 2.45) is 5.73 Å². The Labute approximate surface area is 139 Å². The third-order valence-electron chi connectivity index (χ3n) is 4.16. The second-order valence-corrected chi connectivity index (χ2v) is 5.64. The summed E-state index contributed by atoms with van der Waals surface area (Å²) in [5.41, 5.74) is 6.12. The molecule has 0 aliphatic carbocycles. The molecule has 0 fully saturated rings. The van der Waals surface area contributed by atoms with Crippen LogP contribution in [0.2, 0.25) is 0 Å². The Bertz CT molecular complexity index is 737. The summed E-state index contributed by atoms with van der Waals surface area (Å²) >= 11 is 0. The smallest absolute Gasteiger partial charge is 0.294 e. The number of benzene rings is 1. The minimum atomic E-state index is -0.484. The van der Waals surface area contributed by atoms with Gasteiger partial charge in [0.25, 0.3) is 11.6 Å². The number of nitrogens with two attached hydrogens (primary N) is 1. The van der Waals surface area contributed by atoms with Gasteiger partial charge in [-0.3, -0.25) is 14.9 Å². The van der Waals surface area contributed by atoms with E-state index in [-0.39, 0.29) is 17.3 Å². The Morgan fingerprint density at radius 1 is 1.33 bits per heavy atom. The molecule has 0 saturated carbocycles. The van der Waals surface area contributed by atoms with E-state index in [1.54, 1.807) is 18.2 Å². The van der Waals surface area contributed by atoms with Crippen molar-refractivity contribution in [1.29, 1.82) is 0 Å². The lowest BCUT2D eigenvalue weighted by atomic mass is 9.94. The number of carbonyl (C=O) groups is 1. The summed E-state index contributed by atoms with van der Waals surface area (Å²) in [4.78, 5) is 22.8. The van der Waals surface area contributed by atoms with E-state index in [0.717, 1.165) is 12.8 Å². The summed E-state index contributed by atoms with van der Waals surface area (Å²) in [6, 6.07) is 7.74. The number of carbonyl (C=O) groups excluding carboxylic acids is 1. The van der Waals surface area contributed by atoms with Crippen LogP contribution < -0.4 is 11.1 Å². The highest BCUT2D eigenvalue weighted by Crippen LogP contribution is 2.21. The maximum Gasteiger partial charge on any atom is 0.294 e. The van der Waals surface area contributed by atoms with Crippen molar-refractivity contribution in [3.8, 4) is 5.69 Å². The van der Waals surface area contributed by atoms with Gasteiger partial charge in [0, 0.05) is 24.3 Å². The topological polar surface area (TPSA) is 116 Å². The molecule has 0 atom stereocenters. The molecule has 1 amide bonds. The Morgan fingerprint density at radius 3 is 2.62 bits per heavy atom. The third kappa shape index (κ3) is 3.77. The van der Waals surface area contributed by atoms with Crippen LogP contribution in [0.1, 0.15) is 37.2 Å². The van der Waals surface area contributed by atoms with Gasteiger partial charge in [-0.15, -0.1) is 0 Å². The van der Waals surface area contributed by atoms with Crippen LogP contribution in [0, 0.1) is 10.1 Å². The fourth-order valence-corrected chi connectivity index (χ4v) is 2.24. The van der Waals surface area contributed by atoms with Gasteiger partial charge in [-0.25, -0.2) is 4.68 Å². The summed E-state index contributed by atoms with van der Waals surface area (Å²) in [7, 11) is 0. The molecule has 24 heavy (non-hydrogen) atoms. The zero-order valence-corrected chi connectivity index (χ0v) is 13.7. The average molecular weight is 331 g/mol. The Hall–Kier alpha value is -2.74. The van der Waals surface area contributed by atoms with E-state index in [9.17, 15) is 14.9 Å². The maximum atomic E-state index is 12.2. The lowest BCUT2D eigenvalue weighted by Gasteiger charge is -2.26. The van der Waals surface area contributed by atoms with Crippen molar-refractivity contribution < 1.29 is 9.72 Å². The molecule has 1 aromatic heterocycles. The van der Waals surface area contributed by atoms with Crippen LogP contribution in [0.5, 0.6) is 0 Å².